The minimum Gasteiger partial charge on any atom is -0.382 e. The van der Waals surface area contributed by atoms with Crippen LogP contribution in [0.1, 0.15) is 6.99 Å². The molecule has 0 bridgehead atoms. The van der Waals surface area contributed by atoms with Gasteiger partial charge in [0.25, 0.3) is 0 Å². The molecule has 6 heteroatoms. The highest BCUT2D eigenvalue weighted by molar-refractivity contribution is 5.89. The molecule has 1 aromatic heterocycles. The number of morpholine rings is 1. The van der Waals surface area contributed by atoms with Gasteiger partial charge in [0, 0.05) is 38.7 Å². The van der Waals surface area contributed by atoms with Crippen molar-refractivity contribution in [3.8, 4) is 0 Å². The second kappa shape index (κ2) is 6.46. The zero-order valence-electron chi connectivity index (χ0n) is 12.5. The first-order chi connectivity index (χ1) is 10.7. The number of methoxy groups -OCH3 is 1. The molecule has 0 unspecified atom stereocenters. The van der Waals surface area contributed by atoms with Crippen LogP contribution in [-0.2, 0) is 20.7 Å². The van der Waals surface area contributed by atoms with Crippen molar-refractivity contribution in [3.63, 3.8) is 0 Å². The molecule has 0 saturated carbocycles. The van der Waals surface area contributed by atoms with Crippen LogP contribution >= 0.6 is 0 Å². The maximum atomic E-state index is 13.2. The number of carbonyl (C=O) groups is 1. The van der Waals surface area contributed by atoms with E-state index in [-0.39, 0.29) is 19.3 Å². The number of hydrogen-bond acceptors (Lipinski definition) is 3. The summed E-state index contributed by atoms with van der Waals surface area (Å²) in [5.74, 6) is -0.238. The molecule has 22 heavy (non-hydrogen) atoms. The van der Waals surface area contributed by atoms with Gasteiger partial charge >= 0.3 is 0 Å². The van der Waals surface area contributed by atoms with Gasteiger partial charge in [0.15, 0.2) is 0 Å². The first kappa shape index (κ1) is 15.0. The molecule has 0 radical (unpaired) electrons. The molecule has 1 amide bonds. The van der Waals surface area contributed by atoms with Gasteiger partial charge in [-0.05, 0) is 23.8 Å². The summed E-state index contributed by atoms with van der Waals surface area (Å²) < 4.78 is 23.8. The Morgan fingerprint density at radius 2 is 2.45 bits per heavy atom. The average Bonchev–Trinajstić information content (AvgIpc) is 2.90. The van der Waals surface area contributed by atoms with Gasteiger partial charge in [0.1, 0.15) is 5.82 Å². The summed E-state index contributed by atoms with van der Waals surface area (Å²) in [6.45, 7) is 2.15. The number of carbonyl (C=O) groups excluding carboxylic acids is 1. The van der Waals surface area contributed by atoms with Crippen molar-refractivity contribution in [2.45, 2.75) is 12.5 Å². The molecule has 120 valence electrons. The number of ether oxygens (including phenoxy) is 2. The third-order valence-corrected chi connectivity index (χ3v) is 3.92. The molecular formula is C16H21FN2O3. The van der Waals surface area contributed by atoms with E-state index < -0.39 is 0 Å². The topological polar surface area (TPSA) is 54.6 Å². The van der Waals surface area contributed by atoms with Crippen LogP contribution in [0.25, 0.3) is 10.9 Å². The van der Waals surface area contributed by atoms with Crippen LogP contribution in [0.4, 0.5) is 4.39 Å². The Balaban J connectivity index is 0.00000192. The van der Waals surface area contributed by atoms with Crippen molar-refractivity contribution >= 4 is 16.8 Å². The Hall–Kier alpha value is -1.92. The summed E-state index contributed by atoms with van der Waals surface area (Å²) in [4.78, 5) is 17.3. The number of benzene rings is 1. The van der Waals surface area contributed by atoms with Crippen LogP contribution in [0.5, 0.6) is 0 Å². The Labute approximate surface area is 129 Å². The zero-order chi connectivity index (χ0) is 15.5. The van der Waals surface area contributed by atoms with Crippen LogP contribution in [0, 0.1) is 5.82 Å². The molecular weight excluding hydrogens is 287 g/mol. The maximum Gasteiger partial charge on any atom is 0.227 e. The van der Waals surface area contributed by atoms with Crippen molar-refractivity contribution < 1.29 is 20.1 Å². The summed E-state index contributed by atoms with van der Waals surface area (Å²) in [6, 6.07) is 4.55. The fourth-order valence-corrected chi connectivity index (χ4v) is 2.81. The van der Waals surface area contributed by atoms with Crippen LogP contribution in [0.3, 0.4) is 0 Å². The van der Waals surface area contributed by atoms with Crippen LogP contribution < -0.4 is 0 Å². The monoisotopic (exact) mass is 308 g/mol. The first-order valence-electron chi connectivity index (χ1n) is 7.31. The smallest absolute Gasteiger partial charge is 0.227 e. The lowest BCUT2D eigenvalue weighted by atomic mass is 10.1. The molecule has 1 atom stereocenters. The fourth-order valence-electron chi connectivity index (χ4n) is 2.81. The van der Waals surface area contributed by atoms with Crippen molar-refractivity contribution in [2.75, 3.05) is 33.4 Å². The zero-order valence-corrected chi connectivity index (χ0v) is 12.5. The highest BCUT2D eigenvalue weighted by Gasteiger charge is 2.24. The number of hydrogen-bond donors (Lipinski definition) is 1. The molecule has 1 aliphatic rings. The molecule has 0 aliphatic carbocycles. The number of aromatic nitrogens is 1. The number of rotatable bonds is 4. The van der Waals surface area contributed by atoms with Crippen LogP contribution in [-0.4, -0.2) is 55.3 Å². The van der Waals surface area contributed by atoms with Crippen molar-refractivity contribution in [1.82, 2.24) is 9.88 Å². The quantitative estimate of drug-likeness (QED) is 0.939. The molecule has 3 rings (SSSR count). The van der Waals surface area contributed by atoms with E-state index in [0.29, 0.717) is 38.2 Å². The summed E-state index contributed by atoms with van der Waals surface area (Å²) in [6.07, 6.45) is 2.00. The largest absolute Gasteiger partial charge is 0.382 e. The van der Waals surface area contributed by atoms with Gasteiger partial charge in [-0.2, -0.15) is 0 Å². The van der Waals surface area contributed by atoms with Crippen LogP contribution in [0.15, 0.2) is 24.4 Å². The lowest BCUT2D eigenvalue weighted by Gasteiger charge is -2.32. The number of nitrogens with one attached hydrogen (secondary N) is 1. The second-order valence-electron chi connectivity index (χ2n) is 5.47. The fraction of sp³-hybridized carbons (Fsp3) is 0.438. The number of nitrogens with zero attached hydrogens (tertiary/aromatic N) is 1. The maximum absolute atomic E-state index is 13.2. The van der Waals surface area contributed by atoms with Crippen molar-refractivity contribution in [1.29, 1.82) is 0 Å². The molecule has 1 saturated heterocycles. The normalized spacial score (nSPS) is 18.8. The van der Waals surface area contributed by atoms with Crippen LogP contribution in [0.2, 0.25) is 0 Å². The number of H-pyrrole nitrogens is 1. The van der Waals surface area contributed by atoms with E-state index in [0.717, 1.165) is 10.9 Å². The average molecular weight is 308 g/mol. The van der Waals surface area contributed by atoms with E-state index >= 15 is 0 Å². The molecule has 0 spiro atoms. The van der Waals surface area contributed by atoms with Gasteiger partial charge in [-0.25, -0.2) is 4.39 Å². The summed E-state index contributed by atoms with van der Waals surface area (Å²) in [5.41, 5.74) is 1.59. The molecule has 2 aromatic rings. The lowest BCUT2D eigenvalue weighted by molar-refractivity contribution is -0.140. The third-order valence-electron chi connectivity index (χ3n) is 3.92. The predicted octanol–water partition coefficient (Wildman–Crippen LogP) is 1.97. The summed E-state index contributed by atoms with van der Waals surface area (Å²) >= 11 is 0. The Morgan fingerprint density at radius 1 is 1.59 bits per heavy atom. The van der Waals surface area contributed by atoms with E-state index in [9.17, 15) is 9.18 Å². The van der Waals surface area contributed by atoms with Gasteiger partial charge in [-0.15, -0.1) is 0 Å². The number of aromatic amines is 1. The van der Waals surface area contributed by atoms with E-state index in [1.165, 1.54) is 12.1 Å². The Bertz CT molecular complexity index is 674. The van der Waals surface area contributed by atoms with Gasteiger partial charge < -0.3 is 19.4 Å². The highest BCUT2D eigenvalue weighted by atomic mass is 19.1. The summed E-state index contributed by atoms with van der Waals surface area (Å²) in [7, 11) is 1.62. The van der Waals surface area contributed by atoms with Gasteiger partial charge in [-0.1, -0.05) is 0 Å². The Kier molecular flexibility index (Phi) is 4.40. The Morgan fingerprint density at radius 3 is 3.27 bits per heavy atom. The number of fused-ring (bicyclic) bond motifs is 1. The number of amides is 1. The van der Waals surface area contributed by atoms with E-state index in [1.807, 2.05) is 0 Å². The van der Waals surface area contributed by atoms with Gasteiger partial charge in [-0.3, -0.25) is 4.79 Å². The minimum atomic E-state index is -0.289. The second-order valence-corrected chi connectivity index (χ2v) is 5.47. The highest BCUT2D eigenvalue weighted by Crippen LogP contribution is 2.20. The SMILES string of the molecule is COC[C@H]1CN(C(=O)Cc2c[nH]c3cc(F)ccc23)CCO1.[HH]. The van der Waals surface area contributed by atoms with Gasteiger partial charge in [0.05, 0.1) is 25.7 Å². The molecule has 5 nitrogen and oxygen atoms in total. The molecule has 2 heterocycles. The van der Waals surface area contributed by atoms with E-state index in [4.69, 9.17) is 9.47 Å². The molecule has 1 aromatic carbocycles. The van der Waals surface area contributed by atoms with E-state index in [2.05, 4.69) is 4.98 Å². The van der Waals surface area contributed by atoms with E-state index in [1.54, 1.807) is 24.3 Å². The van der Waals surface area contributed by atoms with Crippen molar-refractivity contribution in [2.24, 2.45) is 0 Å². The molecule has 1 fully saturated rings. The third kappa shape index (κ3) is 3.13. The summed E-state index contributed by atoms with van der Waals surface area (Å²) in [5, 5.41) is 0.886. The van der Waals surface area contributed by atoms with Gasteiger partial charge in [0.2, 0.25) is 5.91 Å². The molecule has 1 aliphatic heterocycles. The molecule has 1 N–H and O–H groups in total. The minimum absolute atomic E-state index is 0. The number of halogens is 1. The predicted molar refractivity (Wildman–Crippen MR) is 82.3 cm³/mol. The van der Waals surface area contributed by atoms with Crippen molar-refractivity contribution in [3.05, 3.63) is 35.8 Å². The lowest BCUT2D eigenvalue weighted by Crippen LogP contribution is -2.47. The standard InChI is InChI=1S/C16H19FN2O3.H2/c1-21-10-13-9-19(4-5-22-13)16(20)6-11-8-18-15-7-12(17)2-3-14(11)15;/h2-3,7-8,13,18H,4-6,9-10H2,1H3;1H/t13-;/m1./s1. The first-order valence-corrected chi connectivity index (χ1v) is 7.31.